The topological polar surface area (TPSA) is 83.4 Å². The van der Waals surface area contributed by atoms with Crippen molar-refractivity contribution in [2.75, 3.05) is 7.05 Å². The van der Waals surface area contributed by atoms with E-state index in [1.807, 2.05) is 49.4 Å². The van der Waals surface area contributed by atoms with Crippen LogP contribution in [0.2, 0.25) is 0 Å². The van der Waals surface area contributed by atoms with Crippen molar-refractivity contribution in [3.63, 3.8) is 0 Å². The van der Waals surface area contributed by atoms with Crippen molar-refractivity contribution in [2.24, 2.45) is 0 Å². The molecule has 3 N–H and O–H groups in total. The molecule has 0 saturated carbocycles. The molecule has 26 heavy (non-hydrogen) atoms. The summed E-state index contributed by atoms with van der Waals surface area (Å²) in [6, 6.07) is 16.2. The molecule has 0 aliphatic carbocycles. The van der Waals surface area contributed by atoms with Gasteiger partial charge in [-0.05, 0) is 36.8 Å². The number of urea groups is 1. The fraction of sp³-hybridized carbons (Fsp3) is 0.200. The van der Waals surface area contributed by atoms with Gasteiger partial charge in [-0.25, -0.2) is 4.79 Å². The van der Waals surface area contributed by atoms with Gasteiger partial charge < -0.3 is 20.4 Å². The molecule has 134 valence electrons. The van der Waals surface area contributed by atoms with Crippen LogP contribution >= 0.6 is 0 Å². The number of amides is 3. The second-order valence-electron chi connectivity index (χ2n) is 6.01. The molecule has 0 bridgehead atoms. The molecule has 2 aromatic carbocycles. The lowest BCUT2D eigenvalue weighted by atomic mass is 10.1. The van der Waals surface area contributed by atoms with Crippen LogP contribution in [0, 0.1) is 0 Å². The minimum atomic E-state index is -0.284. The Hall–Kier alpha value is -3.28. The summed E-state index contributed by atoms with van der Waals surface area (Å²) in [5.74, 6) is 0.568. The highest BCUT2D eigenvalue weighted by atomic mass is 16.3. The summed E-state index contributed by atoms with van der Waals surface area (Å²) >= 11 is 0. The molecule has 1 atom stereocenters. The Bertz CT molecular complexity index is 882. The molecule has 1 unspecified atom stereocenters. The lowest BCUT2D eigenvalue weighted by molar-refractivity contribution is 0.0963. The number of para-hydroxylation sites is 1. The standard InChI is InChI=1S/C20H21N3O3/c1-13(18-11-16-5-3-4-6-17(16)26-18)23-20(25)22-12-14-7-9-15(10-8-14)19(24)21-2/h3-11,13H,12H2,1-2H3,(H,21,24)(H2,22,23,25). The average molecular weight is 351 g/mol. The Kier molecular flexibility index (Phi) is 5.22. The number of furan rings is 1. The lowest BCUT2D eigenvalue weighted by Crippen LogP contribution is -2.36. The van der Waals surface area contributed by atoms with E-state index in [2.05, 4.69) is 16.0 Å². The van der Waals surface area contributed by atoms with Crippen molar-refractivity contribution in [3.8, 4) is 0 Å². The zero-order valence-corrected chi connectivity index (χ0v) is 14.7. The largest absolute Gasteiger partial charge is 0.459 e. The molecule has 1 aromatic heterocycles. The third-order valence-corrected chi connectivity index (χ3v) is 4.12. The number of rotatable bonds is 5. The van der Waals surface area contributed by atoms with Gasteiger partial charge in [-0.1, -0.05) is 30.3 Å². The van der Waals surface area contributed by atoms with E-state index >= 15 is 0 Å². The molecule has 6 nitrogen and oxygen atoms in total. The van der Waals surface area contributed by atoms with Crippen molar-refractivity contribution in [1.82, 2.24) is 16.0 Å². The molecule has 0 spiro atoms. The third kappa shape index (κ3) is 4.03. The Labute approximate surface area is 151 Å². The molecular weight excluding hydrogens is 330 g/mol. The Morgan fingerprint density at radius 3 is 2.50 bits per heavy atom. The summed E-state index contributed by atoms with van der Waals surface area (Å²) in [4.78, 5) is 23.6. The summed E-state index contributed by atoms with van der Waals surface area (Å²) in [7, 11) is 1.59. The van der Waals surface area contributed by atoms with Crippen molar-refractivity contribution < 1.29 is 14.0 Å². The van der Waals surface area contributed by atoms with Gasteiger partial charge in [-0.2, -0.15) is 0 Å². The number of carbonyl (C=O) groups excluding carboxylic acids is 2. The fourth-order valence-electron chi connectivity index (χ4n) is 2.64. The molecule has 0 aliphatic rings. The molecule has 6 heteroatoms. The Balaban J connectivity index is 1.54. The van der Waals surface area contributed by atoms with Crippen LogP contribution in [0.1, 0.15) is 34.6 Å². The summed E-state index contributed by atoms with van der Waals surface area (Å²) in [5, 5.41) is 9.24. The van der Waals surface area contributed by atoms with Crippen molar-refractivity contribution in [2.45, 2.75) is 19.5 Å². The van der Waals surface area contributed by atoms with E-state index in [1.54, 1.807) is 19.2 Å². The monoisotopic (exact) mass is 351 g/mol. The predicted octanol–water partition coefficient (Wildman–Crippen LogP) is 3.35. The van der Waals surface area contributed by atoms with E-state index < -0.39 is 0 Å². The Morgan fingerprint density at radius 2 is 1.81 bits per heavy atom. The highest BCUT2D eigenvalue weighted by molar-refractivity contribution is 5.93. The molecule has 3 amide bonds. The third-order valence-electron chi connectivity index (χ3n) is 4.12. The van der Waals surface area contributed by atoms with Crippen LogP contribution in [0.25, 0.3) is 11.0 Å². The van der Waals surface area contributed by atoms with Crippen molar-refractivity contribution >= 4 is 22.9 Å². The molecular formula is C20H21N3O3. The number of hydrogen-bond donors (Lipinski definition) is 3. The number of nitrogens with one attached hydrogen (secondary N) is 3. The summed E-state index contributed by atoms with van der Waals surface area (Å²) < 4.78 is 5.76. The van der Waals surface area contributed by atoms with Crippen LogP contribution in [0.4, 0.5) is 4.79 Å². The van der Waals surface area contributed by atoms with Crippen molar-refractivity contribution in [3.05, 3.63) is 71.5 Å². The van der Waals surface area contributed by atoms with Gasteiger partial charge in [0, 0.05) is 24.5 Å². The maximum absolute atomic E-state index is 12.1. The predicted molar refractivity (Wildman–Crippen MR) is 99.8 cm³/mol. The molecule has 0 saturated heterocycles. The van der Waals surface area contributed by atoms with Gasteiger partial charge in [0.15, 0.2) is 0 Å². The van der Waals surface area contributed by atoms with E-state index in [0.29, 0.717) is 17.9 Å². The zero-order valence-electron chi connectivity index (χ0n) is 14.7. The van der Waals surface area contributed by atoms with Gasteiger partial charge in [-0.15, -0.1) is 0 Å². The number of hydrogen-bond acceptors (Lipinski definition) is 3. The molecule has 3 aromatic rings. The summed E-state index contributed by atoms with van der Waals surface area (Å²) in [6.45, 7) is 2.24. The maximum atomic E-state index is 12.1. The first kappa shape index (κ1) is 17.5. The first-order valence-electron chi connectivity index (χ1n) is 8.40. The first-order chi connectivity index (χ1) is 12.6. The van der Waals surface area contributed by atoms with Gasteiger partial charge >= 0.3 is 6.03 Å². The normalized spacial score (nSPS) is 11.8. The van der Waals surface area contributed by atoms with Crippen LogP contribution in [-0.4, -0.2) is 19.0 Å². The van der Waals surface area contributed by atoms with E-state index in [0.717, 1.165) is 16.5 Å². The van der Waals surface area contributed by atoms with Crippen LogP contribution < -0.4 is 16.0 Å². The minimum absolute atomic E-state index is 0.137. The number of benzene rings is 2. The second-order valence-corrected chi connectivity index (χ2v) is 6.01. The quantitative estimate of drug-likeness (QED) is 0.659. The molecule has 0 radical (unpaired) electrons. The maximum Gasteiger partial charge on any atom is 0.315 e. The SMILES string of the molecule is CNC(=O)c1ccc(CNC(=O)NC(C)c2cc3ccccc3o2)cc1. The smallest absolute Gasteiger partial charge is 0.315 e. The van der Waals surface area contributed by atoms with Crippen LogP contribution in [-0.2, 0) is 6.54 Å². The average Bonchev–Trinajstić information content (AvgIpc) is 3.10. The first-order valence-corrected chi connectivity index (χ1v) is 8.40. The van der Waals surface area contributed by atoms with E-state index in [4.69, 9.17) is 4.42 Å². The number of carbonyl (C=O) groups is 2. The van der Waals surface area contributed by atoms with Gasteiger partial charge in [0.05, 0.1) is 6.04 Å². The van der Waals surface area contributed by atoms with E-state index in [1.165, 1.54) is 0 Å². The second kappa shape index (κ2) is 7.74. The van der Waals surface area contributed by atoms with Crippen molar-refractivity contribution in [1.29, 1.82) is 0 Å². The molecule has 1 heterocycles. The van der Waals surface area contributed by atoms with E-state index in [-0.39, 0.29) is 18.0 Å². The highest BCUT2D eigenvalue weighted by Crippen LogP contribution is 2.23. The van der Waals surface area contributed by atoms with Gasteiger partial charge in [-0.3, -0.25) is 4.79 Å². The molecule has 3 rings (SSSR count). The Morgan fingerprint density at radius 1 is 1.08 bits per heavy atom. The van der Waals surface area contributed by atoms with Gasteiger partial charge in [0.2, 0.25) is 0 Å². The van der Waals surface area contributed by atoms with E-state index in [9.17, 15) is 9.59 Å². The van der Waals surface area contributed by atoms with Crippen LogP contribution in [0.15, 0.2) is 59.0 Å². The molecule has 0 aliphatic heterocycles. The zero-order chi connectivity index (χ0) is 18.5. The van der Waals surface area contributed by atoms with Crippen LogP contribution in [0.5, 0.6) is 0 Å². The number of fused-ring (bicyclic) bond motifs is 1. The minimum Gasteiger partial charge on any atom is -0.459 e. The summed E-state index contributed by atoms with van der Waals surface area (Å²) in [5.41, 5.74) is 2.29. The van der Waals surface area contributed by atoms with Gasteiger partial charge in [0.1, 0.15) is 11.3 Å². The van der Waals surface area contributed by atoms with Gasteiger partial charge in [0.25, 0.3) is 5.91 Å². The summed E-state index contributed by atoms with van der Waals surface area (Å²) in [6.07, 6.45) is 0. The lowest BCUT2D eigenvalue weighted by Gasteiger charge is -2.12. The highest BCUT2D eigenvalue weighted by Gasteiger charge is 2.14. The van der Waals surface area contributed by atoms with Crippen LogP contribution in [0.3, 0.4) is 0 Å². The fourth-order valence-corrected chi connectivity index (χ4v) is 2.64. The molecule has 0 fully saturated rings.